The van der Waals surface area contributed by atoms with Crippen molar-refractivity contribution in [2.75, 3.05) is 6.54 Å². The zero-order chi connectivity index (χ0) is 11.3. The predicted molar refractivity (Wildman–Crippen MR) is 58.9 cm³/mol. The van der Waals surface area contributed by atoms with Gasteiger partial charge in [-0.15, -0.1) is 0 Å². The lowest BCUT2D eigenvalue weighted by molar-refractivity contribution is 0.0951. The second kappa shape index (κ2) is 5.34. The molecule has 0 fully saturated rings. The number of unbranched alkanes of at least 4 members (excludes halogenated alkanes) is 1. The van der Waals surface area contributed by atoms with Crippen LogP contribution < -0.4 is 10.9 Å². The molecule has 1 heterocycles. The molecule has 0 aliphatic rings. The van der Waals surface area contributed by atoms with Gasteiger partial charge in [0.2, 0.25) is 0 Å². The fourth-order valence-corrected chi connectivity index (χ4v) is 1.24. The quantitative estimate of drug-likeness (QED) is 0.748. The van der Waals surface area contributed by atoms with E-state index < -0.39 is 0 Å². The highest BCUT2D eigenvalue weighted by atomic mass is 16.2. The maximum Gasteiger partial charge on any atom is 0.263 e. The van der Waals surface area contributed by atoms with Gasteiger partial charge >= 0.3 is 0 Å². The Morgan fingerprint density at radius 1 is 1.53 bits per heavy atom. The molecule has 0 atom stereocenters. The van der Waals surface area contributed by atoms with Gasteiger partial charge in [-0.25, -0.2) is 0 Å². The van der Waals surface area contributed by atoms with Gasteiger partial charge in [-0.3, -0.25) is 9.59 Å². The van der Waals surface area contributed by atoms with Crippen LogP contribution in [0.25, 0.3) is 0 Å². The van der Waals surface area contributed by atoms with Crippen molar-refractivity contribution in [3.05, 3.63) is 34.2 Å². The molecular formula is C11H16N2O2. The molecule has 0 bridgehead atoms. The third-order valence-corrected chi connectivity index (χ3v) is 2.18. The Labute approximate surface area is 88.9 Å². The molecule has 0 spiro atoms. The lowest BCUT2D eigenvalue weighted by Crippen LogP contribution is -2.32. The molecule has 4 heteroatoms. The van der Waals surface area contributed by atoms with Crippen LogP contribution in [0.3, 0.4) is 0 Å². The van der Waals surface area contributed by atoms with Gasteiger partial charge in [-0.2, -0.15) is 0 Å². The number of hydrogen-bond acceptors (Lipinski definition) is 2. The molecule has 0 aliphatic heterocycles. The van der Waals surface area contributed by atoms with Gasteiger partial charge in [-0.05, 0) is 18.6 Å². The minimum absolute atomic E-state index is 0.205. The summed E-state index contributed by atoms with van der Waals surface area (Å²) < 4.78 is 1.40. The highest BCUT2D eigenvalue weighted by Gasteiger charge is 2.09. The second-order valence-electron chi connectivity index (χ2n) is 3.45. The first-order valence-corrected chi connectivity index (χ1v) is 5.10. The van der Waals surface area contributed by atoms with Crippen molar-refractivity contribution in [1.82, 2.24) is 9.88 Å². The number of nitrogens with one attached hydrogen (secondary N) is 1. The zero-order valence-electron chi connectivity index (χ0n) is 9.12. The first-order chi connectivity index (χ1) is 7.16. The van der Waals surface area contributed by atoms with E-state index in [-0.39, 0.29) is 17.0 Å². The summed E-state index contributed by atoms with van der Waals surface area (Å²) >= 11 is 0. The number of hydrogen-bond donors (Lipinski definition) is 1. The fraction of sp³-hybridized carbons (Fsp3) is 0.455. The van der Waals surface area contributed by atoms with Crippen LogP contribution in [-0.2, 0) is 7.05 Å². The van der Waals surface area contributed by atoms with E-state index in [0.717, 1.165) is 12.8 Å². The van der Waals surface area contributed by atoms with E-state index in [2.05, 4.69) is 5.32 Å². The van der Waals surface area contributed by atoms with Gasteiger partial charge in [0.05, 0.1) is 0 Å². The molecule has 0 aliphatic carbocycles. The molecular weight excluding hydrogens is 192 g/mol. The van der Waals surface area contributed by atoms with Crippen LogP contribution in [0.1, 0.15) is 30.1 Å². The summed E-state index contributed by atoms with van der Waals surface area (Å²) in [6, 6.07) is 3.24. The Balaban J connectivity index is 2.74. The van der Waals surface area contributed by atoms with Crippen molar-refractivity contribution in [3.63, 3.8) is 0 Å². The molecule has 0 radical (unpaired) electrons. The van der Waals surface area contributed by atoms with Crippen molar-refractivity contribution in [3.8, 4) is 0 Å². The second-order valence-corrected chi connectivity index (χ2v) is 3.45. The minimum atomic E-state index is -0.287. The minimum Gasteiger partial charge on any atom is -0.352 e. The number of pyridine rings is 1. The van der Waals surface area contributed by atoms with Crippen LogP contribution >= 0.6 is 0 Å². The smallest absolute Gasteiger partial charge is 0.263 e. The van der Waals surface area contributed by atoms with Crippen molar-refractivity contribution in [2.45, 2.75) is 19.8 Å². The molecule has 1 aromatic rings. The topological polar surface area (TPSA) is 51.1 Å². The third kappa shape index (κ3) is 2.94. The van der Waals surface area contributed by atoms with E-state index >= 15 is 0 Å². The van der Waals surface area contributed by atoms with Crippen molar-refractivity contribution >= 4 is 5.91 Å². The number of aryl methyl sites for hydroxylation is 1. The summed E-state index contributed by atoms with van der Waals surface area (Å²) in [6.45, 7) is 2.67. The van der Waals surface area contributed by atoms with E-state index in [1.54, 1.807) is 25.4 Å². The normalized spacial score (nSPS) is 10.0. The van der Waals surface area contributed by atoms with Gasteiger partial charge < -0.3 is 9.88 Å². The standard InChI is InChI=1S/C11H16N2O2/c1-3-4-7-12-10(14)9-6-5-8-13(2)11(9)15/h5-6,8H,3-4,7H2,1-2H3,(H,12,14). The monoisotopic (exact) mass is 208 g/mol. The molecule has 15 heavy (non-hydrogen) atoms. The Bertz CT molecular complexity index is 396. The highest BCUT2D eigenvalue weighted by molar-refractivity contribution is 5.93. The van der Waals surface area contributed by atoms with Crippen LogP contribution in [-0.4, -0.2) is 17.0 Å². The molecule has 0 unspecified atom stereocenters. The van der Waals surface area contributed by atoms with E-state index in [0.29, 0.717) is 6.54 Å². The van der Waals surface area contributed by atoms with Crippen LogP contribution in [0, 0.1) is 0 Å². The van der Waals surface area contributed by atoms with Gasteiger partial charge in [0.25, 0.3) is 11.5 Å². The zero-order valence-corrected chi connectivity index (χ0v) is 9.12. The summed E-state index contributed by atoms with van der Waals surface area (Å²) in [5, 5.41) is 2.72. The third-order valence-electron chi connectivity index (χ3n) is 2.18. The van der Waals surface area contributed by atoms with Crippen molar-refractivity contribution in [2.24, 2.45) is 7.05 Å². The van der Waals surface area contributed by atoms with Crippen LogP contribution in [0.5, 0.6) is 0 Å². The summed E-state index contributed by atoms with van der Waals surface area (Å²) in [6.07, 6.45) is 3.58. The van der Waals surface area contributed by atoms with E-state index in [4.69, 9.17) is 0 Å². The van der Waals surface area contributed by atoms with Gasteiger partial charge in [0, 0.05) is 19.8 Å². The SMILES string of the molecule is CCCCNC(=O)c1cccn(C)c1=O. The first kappa shape index (κ1) is 11.5. The van der Waals surface area contributed by atoms with Crippen molar-refractivity contribution in [1.29, 1.82) is 0 Å². The molecule has 1 amide bonds. The number of rotatable bonds is 4. The molecule has 0 aromatic carbocycles. The van der Waals surface area contributed by atoms with Gasteiger partial charge in [-0.1, -0.05) is 13.3 Å². The summed E-state index contributed by atoms with van der Waals surface area (Å²) in [5.74, 6) is -0.287. The molecule has 1 N–H and O–H groups in total. The van der Waals surface area contributed by atoms with Gasteiger partial charge in [0.1, 0.15) is 5.56 Å². The van der Waals surface area contributed by atoms with E-state index in [1.807, 2.05) is 6.92 Å². The molecule has 4 nitrogen and oxygen atoms in total. The fourth-order valence-electron chi connectivity index (χ4n) is 1.24. The summed E-state index contributed by atoms with van der Waals surface area (Å²) in [4.78, 5) is 23.1. The molecule has 82 valence electrons. The average molecular weight is 208 g/mol. The maximum atomic E-state index is 11.6. The number of amides is 1. The lowest BCUT2D eigenvalue weighted by atomic mass is 10.2. The van der Waals surface area contributed by atoms with E-state index in [1.165, 1.54) is 4.57 Å². The molecule has 1 rings (SSSR count). The summed E-state index contributed by atoms with van der Waals surface area (Å²) in [5.41, 5.74) is -0.0531. The molecule has 0 saturated heterocycles. The number of carbonyl (C=O) groups is 1. The Morgan fingerprint density at radius 2 is 2.27 bits per heavy atom. The van der Waals surface area contributed by atoms with Crippen molar-refractivity contribution < 1.29 is 4.79 Å². The Hall–Kier alpha value is -1.58. The van der Waals surface area contributed by atoms with Gasteiger partial charge in [0.15, 0.2) is 0 Å². The largest absolute Gasteiger partial charge is 0.352 e. The van der Waals surface area contributed by atoms with E-state index in [9.17, 15) is 9.59 Å². The highest BCUT2D eigenvalue weighted by Crippen LogP contribution is 1.91. The van der Waals surface area contributed by atoms with Crippen LogP contribution in [0.2, 0.25) is 0 Å². The number of aromatic nitrogens is 1. The number of nitrogens with zero attached hydrogens (tertiary/aromatic N) is 1. The number of carbonyl (C=O) groups excluding carboxylic acids is 1. The maximum absolute atomic E-state index is 11.6. The van der Waals surface area contributed by atoms with Crippen LogP contribution in [0.4, 0.5) is 0 Å². The lowest BCUT2D eigenvalue weighted by Gasteiger charge is -2.04. The first-order valence-electron chi connectivity index (χ1n) is 5.10. The molecule has 1 aromatic heterocycles. The average Bonchev–Trinajstić information content (AvgIpc) is 2.22. The Morgan fingerprint density at radius 3 is 2.93 bits per heavy atom. The van der Waals surface area contributed by atoms with Crippen LogP contribution in [0.15, 0.2) is 23.1 Å². The summed E-state index contributed by atoms with van der Waals surface area (Å²) in [7, 11) is 1.63. The molecule has 0 saturated carbocycles. The Kier molecular flexibility index (Phi) is 4.09. The predicted octanol–water partition coefficient (Wildman–Crippen LogP) is 0.915.